The van der Waals surface area contributed by atoms with Crippen LogP contribution < -0.4 is 5.32 Å². The van der Waals surface area contributed by atoms with Crippen LogP contribution in [0.1, 0.15) is 18.4 Å². The third-order valence-electron chi connectivity index (χ3n) is 4.59. The number of nitrogens with one attached hydrogen (secondary N) is 1. The first-order valence-corrected chi connectivity index (χ1v) is 9.16. The van der Waals surface area contributed by atoms with Gasteiger partial charge >= 0.3 is 0 Å². The topological polar surface area (TPSA) is 71.0 Å². The Bertz CT molecular complexity index is 905. The minimum absolute atomic E-state index is 0.212. The summed E-state index contributed by atoms with van der Waals surface area (Å²) in [5.74, 6) is 1.49. The number of rotatable bonds is 5. The number of nitrogens with zero attached hydrogens (tertiary/aromatic N) is 4. The lowest BCUT2D eigenvalue weighted by molar-refractivity contribution is -0.129. The second-order valence-corrected chi connectivity index (χ2v) is 6.57. The van der Waals surface area contributed by atoms with Gasteiger partial charge in [-0.05, 0) is 48.7 Å². The van der Waals surface area contributed by atoms with E-state index < -0.39 is 0 Å². The number of carbonyl (C=O) groups excluding carboxylic acids is 1. The van der Waals surface area contributed by atoms with Crippen molar-refractivity contribution in [2.45, 2.75) is 19.3 Å². The molecule has 0 spiro atoms. The van der Waals surface area contributed by atoms with Gasteiger partial charge in [-0.3, -0.25) is 9.78 Å². The molecule has 1 saturated heterocycles. The summed E-state index contributed by atoms with van der Waals surface area (Å²) in [5, 5.41) is 3.28. The molecule has 6 heteroatoms. The largest absolute Gasteiger partial charge is 0.342 e. The molecule has 0 aliphatic carbocycles. The van der Waals surface area contributed by atoms with Gasteiger partial charge in [-0.25, -0.2) is 9.97 Å². The van der Waals surface area contributed by atoms with Crippen LogP contribution in [-0.2, 0) is 11.2 Å². The SMILES string of the molecule is O=C(Cc1ccc(Nc2ccnc(-c3ccccn3)n2)cc1)N1CCCC1. The van der Waals surface area contributed by atoms with Gasteiger partial charge in [0, 0.05) is 31.2 Å². The first kappa shape index (κ1) is 17.1. The van der Waals surface area contributed by atoms with Crippen LogP contribution in [0.3, 0.4) is 0 Å². The number of hydrogen-bond donors (Lipinski definition) is 1. The quantitative estimate of drug-likeness (QED) is 0.755. The van der Waals surface area contributed by atoms with Crippen molar-refractivity contribution >= 4 is 17.4 Å². The molecule has 4 rings (SSSR count). The maximum Gasteiger partial charge on any atom is 0.226 e. The van der Waals surface area contributed by atoms with E-state index in [1.807, 2.05) is 53.4 Å². The average molecular weight is 359 g/mol. The zero-order valence-corrected chi connectivity index (χ0v) is 15.0. The molecule has 2 aromatic heterocycles. The Morgan fingerprint density at radius 2 is 1.78 bits per heavy atom. The minimum atomic E-state index is 0.212. The predicted octanol–water partition coefficient (Wildman–Crippen LogP) is 3.45. The average Bonchev–Trinajstić information content (AvgIpc) is 3.25. The highest BCUT2D eigenvalue weighted by Gasteiger charge is 2.17. The minimum Gasteiger partial charge on any atom is -0.342 e. The number of benzene rings is 1. The number of anilines is 2. The van der Waals surface area contributed by atoms with E-state index in [0.717, 1.165) is 42.9 Å². The molecule has 1 aliphatic heterocycles. The Kier molecular flexibility index (Phi) is 5.05. The van der Waals surface area contributed by atoms with Crippen LogP contribution in [-0.4, -0.2) is 38.8 Å². The summed E-state index contributed by atoms with van der Waals surface area (Å²) in [6.07, 6.45) is 6.13. The molecule has 0 radical (unpaired) electrons. The van der Waals surface area contributed by atoms with Crippen molar-refractivity contribution in [3.63, 3.8) is 0 Å². The predicted molar refractivity (Wildman–Crippen MR) is 105 cm³/mol. The Morgan fingerprint density at radius 1 is 0.963 bits per heavy atom. The van der Waals surface area contributed by atoms with E-state index in [0.29, 0.717) is 18.1 Å². The second kappa shape index (κ2) is 7.95. The number of amides is 1. The summed E-state index contributed by atoms with van der Waals surface area (Å²) < 4.78 is 0. The Balaban J connectivity index is 1.42. The number of likely N-dealkylation sites (tertiary alicyclic amines) is 1. The van der Waals surface area contributed by atoms with Gasteiger partial charge in [-0.2, -0.15) is 0 Å². The molecule has 1 amide bonds. The standard InChI is InChI=1S/C21H21N5O/c27-20(26-13-3-4-14-26)15-16-6-8-17(9-7-16)24-19-10-12-23-21(25-19)18-5-1-2-11-22-18/h1-2,5-12H,3-4,13-15H2,(H,23,24,25). The first-order valence-electron chi connectivity index (χ1n) is 9.16. The van der Waals surface area contributed by atoms with Crippen LogP contribution in [0.5, 0.6) is 0 Å². The molecule has 27 heavy (non-hydrogen) atoms. The molecule has 3 heterocycles. The summed E-state index contributed by atoms with van der Waals surface area (Å²) in [5.41, 5.74) is 2.67. The summed E-state index contributed by atoms with van der Waals surface area (Å²) in [6, 6.07) is 15.4. The molecule has 1 aliphatic rings. The van der Waals surface area contributed by atoms with E-state index >= 15 is 0 Å². The smallest absolute Gasteiger partial charge is 0.226 e. The van der Waals surface area contributed by atoms with Crippen molar-refractivity contribution < 1.29 is 4.79 Å². The van der Waals surface area contributed by atoms with Gasteiger partial charge in [0.1, 0.15) is 11.5 Å². The lowest BCUT2D eigenvalue weighted by Crippen LogP contribution is -2.29. The highest BCUT2D eigenvalue weighted by Crippen LogP contribution is 2.19. The number of carbonyl (C=O) groups is 1. The molecular formula is C21H21N5O. The number of aromatic nitrogens is 3. The maximum absolute atomic E-state index is 12.3. The third-order valence-corrected chi connectivity index (χ3v) is 4.59. The fourth-order valence-electron chi connectivity index (χ4n) is 3.15. The molecule has 0 unspecified atom stereocenters. The zero-order valence-electron chi connectivity index (χ0n) is 15.0. The van der Waals surface area contributed by atoms with Crippen LogP contribution in [0, 0.1) is 0 Å². The third kappa shape index (κ3) is 4.28. The summed E-state index contributed by atoms with van der Waals surface area (Å²) in [7, 11) is 0. The molecule has 0 bridgehead atoms. The fraction of sp³-hybridized carbons (Fsp3) is 0.238. The second-order valence-electron chi connectivity index (χ2n) is 6.57. The van der Waals surface area contributed by atoms with Crippen molar-refractivity contribution in [1.29, 1.82) is 0 Å². The molecule has 136 valence electrons. The van der Waals surface area contributed by atoms with Gasteiger partial charge in [-0.1, -0.05) is 18.2 Å². The van der Waals surface area contributed by atoms with Gasteiger partial charge in [0.2, 0.25) is 5.91 Å². The van der Waals surface area contributed by atoms with Crippen molar-refractivity contribution in [2.24, 2.45) is 0 Å². The van der Waals surface area contributed by atoms with Crippen LogP contribution >= 0.6 is 0 Å². The lowest BCUT2D eigenvalue weighted by atomic mass is 10.1. The monoisotopic (exact) mass is 359 g/mol. The number of pyridine rings is 1. The normalized spacial score (nSPS) is 13.6. The molecule has 6 nitrogen and oxygen atoms in total. The Labute approximate surface area is 158 Å². The highest BCUT2D eigenvalue weighted by molar-refractivity contribution is 5.79. The van der Waals surface area contributed by atoms with Gasteiger partial charge in [0.25, 0.3) is 0 Å². The first-order chi connectivity index (χ1) is 13.3. The van der Waals surface area contributed by atoms with Crippen LogP contribution in [0.25, 0.3) is 11.5 Å². The Hall–Kier alpha value is -3.28. The molecule has 1 aromatic carbocycles. The summed E-state index contributed by atoms with van der Waals surface area (Å²) >= 11 is 0. The summed E-state index contributed by atoms with van der Waals surface area (Å²) in [6.45, 7) is 1.79. The van der Waals surface area contributed by atoms with Gasteiger partial charge in [0.15, 0.2) is 5.82 Å². The van der Waals surface area contributed by atoms with E-state index in [1.165, 1.54) is 0 Å². The van der Waals surface area contributed by atoms with Crippen LogP contribution in [0.2, 0.25) is 0 Å². The van der Waals surface area contributed by atoms with E-state index in [-0.39, 0.29) is 5.91 Å². The van der Waals surface area contributed by atoms with E-state index in [9.17, 15) is 4.79 Å². The maximum atomic E-state index is 12.3. The van der Waals surface area contributed by atoms with Crippen LogP contribution in [0.15, 0.2) is 60.9 Å². The van der Waals surface area contributed by atoms with E-state index in [2.05, 4.69) is 20.3 Å². The molecule has 0 atom stereocenters. The molecule has 0 saturated carbocycles. The van der Waals surface area contributed by atoms with Crippen LogP contribution in [0.4, 0.5) is 11.5 Å². The van der Waals surface area contributed by atoms with E-state index in [1.54, 1.807) is 12.4 Å². The number of hydrogen-bond acceptors (Lipinski definition) is 5. The van der Waals surface area contributed by atoms with Gasteiger partial charge < -0.3 is 10.2 Å². The van der Waals surface area contributed by atoms with Gasteiger partial charge in [-0.15, -0.1) is 0 Å². The Morgan fingerprint density at radius 3 is 2.52 bits per heavy atom. The molecule has 3 aromatic rings. The van der Waals surface area contributed by atoms with Crippen molar-refractivity contribution in [2.75, 3.05) is 18.4 Å². The van der Waals surface area contributed by atoms with Crippen molar-refractivity contribution in [1.82, 2.24) is 19.9 Å². The van der Waals surface area contributed by atoms with Gasteiger partial charge in [0.05, 0.1) is 6.42 Å². The molecular weight excluding hydrogens is 338 g/mol. The zero-order chi connectivity index (χ0) is 18.5. The van der Waals surface area contributed by atoms with Crippen molar-refractivity contribution in [3.05, 3.63) is 66.5 Å². The fourth-order valence-corrected chi connectivity index (χ4v) is 3.15. The highest BCUT2D eigenvalue weighted by atomic mass is 16.2. The lowest BCUT2D eigenvalue weighted by Gasteiger charge is -2.15. The van der Waals surface area contributed by atoms with Crippen molar-refractivity contribution in [3.8, 4) is 11.5 Å². The van der Waals surface area contributed by atoms with E-state index in [4.69, 9.17) is 0 Å². The molecule has 1 N–H and O–H groups in total. The summed E-state index contributed by atoms with van der Waals surface area (Å²) in [4.78, 5) is 27.3. The molecule has 1 fully saturated rings.